The van der Waals surface area contributed by atoms with Crippen molar-refractivity contribution in [2.24, 2.45) is 5.73 Å². The molecule has 0 aliphatic carbocycles. The van der Waals surface area contributed by atoms with Crippen molar-refractivity contribution in [3.05, 3.63) is 52.6 Å². The van der Waals surface area contributed by atoms with E-state index in [2.05, 4.69) is 4.98 Å². The first-order valence-electron chi connectivity index (χ1n) is 6.37. The molecular weight excluding hydrogens is 279 g/mol. The van der Waals surface area contributed by atoms with Gasteiger partial charge in [-0.3, -0.25) is 4.98 Å². The summed E-state index contributed by atoms with van der Waals surface area (Å²) in [5, 5.41) is 0.212. The number of ether oxygens (including phenoxy) is 1. The van der Waals surface area contributed by atoms with Crippen LogP contribution in [0.1, 0.15) is 30.6 Å². The highest BCUT2D eigenvalue weighted by Gasteiger charge is 2.18. The molecule has 0 spiro atoms. The monoisotopic (exact) mass is 294 g/mol. The molecule has 106 valence electrons. The second kappa shape index (κ2) is 6.20. The normalized spacial score (nSPS) is 12.2. The molecule has 2 aromatic rings. The lowest BCUT2D eigenvalue weighted by molar-refractivity contribution is 0.433. The summed E-state index contributed by atoms with van der Waals surface area (Å²) in [7, 11) is 0. The Labute approximate surface area is 122 Å². The molecule has 0 saturated heterocycles. The van der Waals surface area contributed by atoms with E-state index in [0.29, 0.717) is 17.7 Å². The zero-order valence-corrected chi connectivity index (χ0v) is 12.1. The maximum Gasteiger partial charge on any atom is 0.181 e. The predicted octanol–water partition coefficient (Wildman–Crippen LogP) is 4.38. The molecule has 1 aromatic carbocycles. The van der Waals surface area contributed by atoms with Crippen LogP contribution >= 0.6 is 11.6 Å². The fourth-order valence-corrected chi connectivity index (χ4v) is 2.03. The lowest BCUT2D eigenvalue weighted by Gasteiger charge is -2.15. The fraction of sp³-hybridized carbons (Fsp3) is 0.267. The molecule has 3 nitrogen and oxygen atoms in total. The molecule has 0 saturated carbocycles. The fourth-order valence-electron chi connectivity index (χ4n) is 1.85. The van der Waals surface area contributed by atoms with Crippen LogP contribution in [0.4, 0.5) is 4.39 Å². The topological polar surface area (TPSA) is 48.1 Å². The van der Waals surface area contributed by atoms with Crippen molar-refractivity contribution in [2.45, 2.75) is 26.3 Å². The van der Waals surface area contributed by atoms with Crippen LogP contribution in [0.25, 0.3) is 0 Å². The Balaban J connectivity index is 2.40. The molecule has 1 atom stereocenters. The third-order valence-electron chi connectivity index (χ3n) is 3.01. The zero-order valence-electron chi connectivity index (χ0n) is 11.4. The molecule has 0 fully saturated rings. The summed E-state index contributed by atoms with van der Waals surface area (Å²) in [6, 6.07) is 6.17. The van der Waals surface area contributed by atoms with E-state index in [1.165, 1.54) is 0 Å². The second-order valence-corrected chi connectivity index (χ2v) is 4.94. The third-order valence-corrected chi connectivity index (χ3v) is 3.30. The minimum atomic E-state index is -0.513. The first-order valence-corrected chi connectivity index (χ1v) is 6.74. The molecule has 2 rings (SSSR count). The van der Waals surface area contributed by atoms with Crippen molar-refractivity contribution in [1.29, 1.82) is 0 Å². The molecule has 0 bridgehead atoms. The van der Waals surface area contributed by atoms with Crippen molar-refractivity contribution >= 4 is 11.6 Å². The lowest BCUT2D eigenvalue weighted by atomic mass is 10.0. The molecule has 0 radical (unpaired) electrons. The summed E-state index contributed by atoms with van der Waals surface area (Å²) in [5.74, 6) is -0.0273. The summed E-state index contributed by atoms with van der Waals surface area (Å²) < 4.78 is 20.0. The summed E-state index contributed by atoms with van der Waals surface area (Å²) >= 11 is 6.02. The van der Waals surface area contributed by atoms with Gasteiger partial charge in [0.1, 0.15) is 5.75 Å². The van der Waals surface area contributed by atoms with Crippen LogP contribution < -0.4 is 10.5 Å². The van der Waals surface area contributed by atoms with Gasteiger partial charge in [-0.25, -0.2) is 4.39 Å². The van der Waals surface area contributed by atoms with Gasteiger partial charge in [0.05, 0.1) is 5.02 Å². The van der Waals surface area contributed by atoms with Crippen molar-refractivity contribution in [3.8, 4) is 11.5 Å². The smallest absolute Gasteiger partial charge is 0.181 e. The first-order chi connectivity index (χ1) is 9.52. The Hall–Kier alpha value is -1.65. The largest absolute Gasteiger partial charge is 0.453 e. The van der Waals surface area contributed by atoms with Crippen LogP contribution in [0.2, 0.25) is 5.02 Å². The summed E-state index contributed by atoms with van der Waals surface area (Å²) in [4.78, 5) is 4.06. The highest BCUT2D eigenvalue weighted by Crippen LogP contribution is 2.35. The second-order valence-electron chi connectivity index (χ2n) is 4.53. The van der Waals surface area contributed by atoms with Crippen LogP contribution in [0.3, 0.4) is 0 Å². The SMILES string of the molecule is CC[C@@H](N)c1ccc(Cl)c(Oc2ccnc(C)c2)c1F. The van der Waals surface area contributed by atoms with Gasteiger partial charge < -0.3 is 10.5 Å². The van der Waals surface area contributed by atoms with Gasteiger partial charge in [0.15, 0.2) is 11.6 Å². The quantitative estimate of drug-likeness (QED) is 0.910. The molecule has 1 heterocycles. The van der Waals surface area contributed by atoms with Crippen molar-refractivity contribution < 1.29 is 9.13 Å². The first kappa shape index (κ1) is 14.8. The Kier molecular flexibility index (Phi) is 4.57. The Morgan fingerprint density at radius 3 is 2.80 bits per heavy atom. The Bertz CT molecular complexity index is 619. The standard InChI is InChI=1S/C15H16ClFN2O/c1-3-13(18)11-4-5-12(16)15(14(11)17)20-10-6-7-19-9(2)8-10/h4-8,13H,3,18H2,1-2H3/t13-/m1/s1. The number of halogens is 2. The lowest BCUT2D eigenvalue weighted by Crippen LogP contribution is -2.11. The minimum absolute atomic E-state index is 0.00123. The summed E-state index contributed by atoms with van der Waals surface area (Å²) in [6.07, 6.45) is 2.23. The number of hydrogen-bond acceptors (Lipinski definition) is 3. The highest BCUT2D eigenvalue weighted by atomic mass is 35.5. The van der Waals surface area contributed by atoms with Gasteiger partial charge in [0.25, 0.3) is 0 Å². The summed E-state index contributed by atoms with van der Waals surface area (Å²) in [6.45, 7) is 3.72. The van der Waals surface area contributed by atoms with E-state index in [1.54, 1.807) is 30.5 Å². The predicted molar refractivity (Wildman–Crippen MR) is 77.7 cm³/mol. The van der Waals surface area contributed by atoms with E-state index in [4.69, 9.17) is 22.1 Å². The molecule has 0 aliphatic heterocycles. The van der Waals surface area contributed by atoms with Crippen molar-refractivity contribution in [3.63, 3.8) is 0 Å². The van der Waals surface area contributed by atoms with Crippen LogP contribution in [0.5, 0.6) is 11.5 Å². The van der Waals surface area contributed by atoms with Crippen LogP contribution in [0, 0.1) is 12.7 Å². The number of rotatable bonds is 4. The maximum absolute atomic E-state index is 14.5. The molecule has 2 N–H and O–H groups in total. The number of aryl methyl sites for hydroxylation is 1. The van der Waals surface area contributed by atoms with Gasteiger partial charge in [-0.2, -0.15) is 0 Å². The van der Waals surface area contributed by atoms with Gasteiger partial charge in [0, 0.05) is 29.6 Å². The van der Waals surface area contributed by atoms with E-state index in [1.807, 2.05) is 13.8 Å². The Morgan fingerprint density at radius 2 is 2.15 bits per heavy atom. The molecule has 5 heteroatoms. The van der Waals surface area contributed by atoms with Crippen molar-refractivity contribution in [2.75, 3.05) is 0 Å². The van der Waals surface area contributed by atoms with E-state index in [0.717, 1.165) is 5.69 Å². The third kappa shape index (κ3) is 3.08. The number of nitrogens with zero attached hydrogens (tertiary/aromatic N) is 1. The van der Waals surface area contributed by atoms with Crippen molar-refractivity contribution in [1.82, 2.24) is 4.98 Å². The maximum atomic E-state index is 14.5. The van der Waals surface area contributed by atoms with Gasteiger partial charge in [-0.05, 0) is 25.5 Å². The molecular formula is C15H16ClFN2O. The number of pyridine rings is 1. The number of aromatic nitrogens is 1. The number of nitrogens with two attached hydrogens (primary N) is 1. The van der Waals surface area contributed by atoms with Crippen LogP contribution in [0.15, 0.2) is 30.5 Å². The molecule has 1 aromatic heterocycles. The van der Waals surface area contributed by atoms with Crippen LogP contribution in [-0.4, -0.2) is 4.98 Å². The van der Waals surface area contributed by atoms with Gasteiger partial charge in [-0.1, -0.05) is 24.6 Å². The van der Waals surface area contributed by atoms with Gasteiger partial charge in [0.2, 0.25) is 0 Å². The van der Waals surface area contributed by atoms with E-state index in [-0.39, 0.29) is 16.8 Å². The highest BCUT2D eigenvalue weighted by molar-refractivity contribution is 6.32. The molecule has 0 amide bonds. The van der Waals surface area contributed by atoms with Gasteiger partial charge >= 0.3 is 0 Å². The average Bonchev–Trinajstić information content (AvgIpc) is 2.43. The summed E-state index contributed by atoms with van der Waals surface area (Å²) in [5.41, 5.74) is 7.06. The van der Waals surface area contributed by atoms with Crippen LogP contribution in [-0.2, 0) is 0 Å². The van der Waals surface area contributed by atoms with E-state index < -0.39 is 5.82 Å². The zero-order chi connectivity index (χ0) is 14.7. The number of hydrogen-bond donors (Lipinski definition) is 1. The minimum Gasteiger partial charge on any atom is -0.453 e. The number of benzene rings is 1. The Morgan fingerprint density at radius 1 is 1.40 bits per heavy atom. The van der Waals surface area contributed by atoms with E-state index in [9.17, 15) is 4.39 Å². The van der Waals surface area contributed by atoms with Gasteiger partial charge in [-0.15, -0.1) is 0 Å². The molecule has 20 heavy (non-hydrogen) atoms. The average molecular weight is 295 g/mol. The molecule has 0 aliphatic rings. The molecule has 0 unspecified atom stereocenters. The van der Waals surface area contributed by atoms with E-state index >= 15 is 0 Å².